The SMILES string of the molecule is Cc1noc(C)c1CN1CCN(C(=O)C(C)C(N)c2ccccc2)CC1.Cl.Cl. The molecule has 2 aromatic rings. The van der Waals surface area contributed by atoms with Crippen LogP contribution in [-0.4, -0.2) is 47.0 Å². The Kier molecular flexibility index (Phi) is 9.44. The van der Waals surface area contributed by atoms with Crippen molar-refractivity contribution in [3.8, 4) is 0 Å². The van der Waals surface area contributed by atoms with Crippen LogP contribution in [0.2, 0.25) is 0 Å². The monoisotopic (exact) mass is 428 g/mol. The highest BCUT2D eigenvalue weighted by Gasteiger charge is 2.29. The van der Waals surface area contributed by atoms with Crippen molar-refractivity contribution < 1.29 is 9.32 Å². The van der Waals surface area contributed by atoms with Crippen molar-refractivity contribution in [3.63, 3.8) is 0 Å². The topological polar surface area (TPSA) is 75.6 Å². The average molecular weight is 429 g/mol. The first-order valence-corrected chi connectivity index (χ1v) is 9.20. The van der Waals surface area contributed by atoms with Crippen LogP contribution in [0, 0.1) is 19.8 Å². The molecule has 0 radical (unpaired) electrons. The lowest BCUT2D eigenvalue weighted by Crippen LogP contribution is -2.50. The van der Waals surface area contributed by atoms with Crippen LogP contribution in [0.5, 0.6) is 0 Å². The van der Waals surface area contributed by atoms with Crippen molar-refractivity contribution in [3.05, 3.63) is 52.9 Å². The highest BCUT2D eigenvalue weighted by Crippen LogP contribution is 2.22. The van der Waals surface area contributed by atoms with E-state index in [0.29, 0.717) is 0 Å². The Morgan fingerprint density at radius 3 is 2.29 bits per heavy atom. The Morgan fingerprint density at radius 2 is 1.75 bits per heavy atom. The molecule has 1 saturated heterocycles. The molecule has 2 atom stereocenters. The predicted octanol–water partition coefficient (Wildman–Crippen LogP) is 3.12. The zero-order valence-corrected chi connectivity index (χ0v) is 18.3. The number of hydrogen-bond acceptors (Lipinski definition) is 5. The molecule has 1 fully saturated rings. The third-order valence-electron chi connectivity index (χ3n) is 5.36. The van der Waals surface area contributed by atoms with Crippen LogP contribution in [0.15, 0.2) is 34.9 Å². The van der Waals surface area contributed by atoms with Gasteiger partial charge in [-0.15, -0.1) is 24.8 Å². The van der Waals surface area contributed by atoms with E-state index in [1.807, 2.05) is 56.0 Å². The number of rotatable bonds is 5. The van der Waals surface area contributed by atoms with Crippen LogP contribution < -0.4 is 5.73 Å². The molecule has 156 valence electrons. The summed E-state index contributed by atoms with van der Waals surface area (Å²) < 4.78 is 5.24. The lowest BCUT2D eigenvalue weighted by Gasteiger charge is -2.36. The van der Waals surface area contributed by atoms with Crippen molar-refractivity contribution in [2.45, 2.75) is 33.4 Å². The summed E-state index contributed by atoms with van der Waals surface area (Å²) >= 11 is 0. The van der Waals surface area contributed by atoms with Gasteiger partial charge in [0.25, 0.3) is 0 Å². The second-order valence-corrected chi connectivity index (χ2v) is 7.13. The molecule has 0 bridgehead atoms. The normalized spacial score (nSPS) is 16.6. The molecule has 28 heavy (non-hydrogen) atoms. The molecule has 2 heterocycles. The maximum atomic E-state index is 12.8. The summed E-state index contributed by atoms with van der Waals surface area (Å²) in [6.07, 6.45) is 0. The van der Waals surface area contributed by atoms with Crippen LogP contribution in [0.1, 0.15) is 35.5 Å². The zero-order valence-electron chi connectivity index (χ0n) is 16.6. The molecule has 2 unspecified atom stereocenters. The fourth-order valence-corrected chi connectivity index (χ4v) is 3.48. The van der Waals surface area contributed by atoms with E-state index in [1.54, 1.807) is 0 Å². The molecule has 0 aliphatic carbocycles. The van der Waals surface area contributed by atoms with Crippen molar-refractivity contribution in [1.29, 1.82) is 0 Å². The Balaban J connectivity index is 0.00000196. The number of carbonyl (C=O) groups excluding carboxylic acids is 1. The smallest absolute Gasteiger partial charge is 0.227 e. The minimum Gasteiger partial charge on any atom is -0.361 e. The van der Waals surface area contributed by atoms with Crippen LogP contribution in [0.4, 0.5) is 0 Å². The van der Waals surface area contributed by atoms with Gasteiger partial charge in [0, 0.05) is 44.3 Å². The molecule has 6 nitrogen and oxygen atoms in total. The van der Waals surface area contributed by atoms with E-state index in [2.05, 4.69) is 10.1 Å². The summed E-state index contributed by atoms with van der Waals surface area (Å²) in [7, 11) is 0. The fraction of sp³-hybridized carbons (Fsp3) is 0.500. The van der Waals surface area contributed by atoms with Crippen LogP contribution in [0.25, 0.3) is 0 Å². The van der Waals surface area contributed by atoms with Gasteiger partial charge in [-0.05, 0) is 19.4 Å². The summed E-state index contributed by atoms with van der Waals surface area (Å²) in [5, 5.41) is 4.02. The number of aromatic nitrogens is 1. The third-order valence-corrected chi connectivity index (χ3v) is 5.36. The standard InChI is InChI=1S/C20H28N4O2.2ClH/c1-14(19(21)17-7-5-4-6-8-17)20(25)24-11-9-23(10-12-24)13-18-15(2)22-26-16(18)3;;/h4-8,14,19H,9-13,21H2,1-3H3;2*1H. The maximum absolute atomic E-state index is 12.8. The molecule has 1 amide bonds. The first kappa shape index (κ1) is 24.4. The number of carbonyl (C=O) groups is 1. The molecule has 0 saturated carbocycles. The molecule has 1 aromatic heterocycles. The van der Waals surface area contributed by atoms with Gasteiger partial charge >= 0.3 is 0 Å². The third kappa shape index (κ3) is 5.47. The van der Waals surface area contributed by atoms with E-state index >= 15 is 0 Å². The molecule has 8 heteroatoms. The quantitative estimate of drug-likeness (QED) is 0.791. The Bertz CT molecular complexity index is 726. The molecular weight excluding hydrogens is 399 g/mol. The zero-order chi connectivity index (χ0) is 18.7. The van der Waals surface area contributed by atoms with E-state index in [1.165, 1.54) is 0 Å². The fourth-order valence-electron chi connectivity index (χ4n) is 3.48. The van der Waals surface area contributed by atoms with E-state index in [-0.39, 0.29) is 42.7 Å². The van der Waals surface area contributed by atoms with Crippen molar-refractivity contribution in [1.82, 2.24) is 15.0 Å². The summed E-state index contributed by atoms with van der Waals surface area (Å²) in [5.74, 6) is 0.785. The summed E-state index contributed by atoms with van der Waals surface area (Å²) in [5.41, 5.74) is 9.43. The summed E-state index contributed by atoms with van der Waals surface area (Å²) in [6, 6.07) is 9.57. The molecule has 0 spiro atoms. The predicted molar refractivity (Wildman–Crippen MR) is 115 cm³/mol. The van der Waals surface area contributed by atoms with Crippen LogP contribution >= 0.6 is 24.8 Å². The van der Waals surface area contributed by atoms with Gasteiger partial charge in [0.15, 0.2) is 0 Å². The first-order valence-electron chi connectivity index (χ1n) is 9.20. The van der Waals surface area contributed by atoms with Gasteiger partial charge in [-0.3, -0.25) is 9.69 Å². The van der Waals surface area contributed by atoms with Crippen LogP contribution in [-0.2, 0) is 11.3 Å². The molecule has 1 aliphatic rings. The summed E-state index contributed by atoms with van der Waals surface area (Å²) in [4.78, 5) is 17.1. The number of halogens is 2. The highest BCUT2D eigenvalue weighted by molar-refractivity contribution is 5.85. The van der Waals surface area contributed by atoms with Gasteiger partial charge in [0.05, 0.1) is 11.6 Å². The Morgan fingerprint density at radius 1 is 1.14 bits per heavy atom. The number of nitrogens with two attached hydrogens (primary N) is 1. The lowest BCUT2D eigenvalue weighted by atomic mass is 9.94. The molecule has 1 aliphatic heterocycles. The van der Waals surface area contributed by atoms with Gasteiger partial charge in [-0.25, -0.2) is 0 Å². The van der Waals surface area contributed by atoms with Gasteiger partial charge in [0.2, 0.25) is 5.91 Å². The van der Waals surface area contributed by atoms with Crippen LogP contribution in [0.3, 0.4) is 0 Å². The van der Waals surface area contributed by atoms with Crippen molar-refractivity contribution in [2.75, 3.05) is 26.2 Å². The van der Waals surface area contributed by atoms with E-state index < -0.39 is 0 Å². The number of piperazine rings is 1. The lowest BCUT2D eigenvalue weighted by molar-refractivity contribution is -0.137. The number of hydrogen-bond donors (Lipinski definition) is 1. The van der Waals surface area contributed by atoms with Gasteiger partial charge in [-0.1, -0.05) is 42.4 Å². The van der Waals surface area contributed by atoms with Crippen molar-refractivity contribution >= 4 is 30.7 Å². The Labute approximate surface area is 179 Å². The molecule has 2 N–H and O–H groups in total. The second kappa shape index (κ2) is 10.8. The Hall–Kier alpha value is -1.60. The second-order valence-electron chi connectivity index (χ2n) is 7.13. The number of nitrogens with zero attached hydrogens (tertiary/aromatic N) is 3. The minimum absolute atomic E-state index is 0. The van der Waals surface area contributed by atoms with Gasteiger partial charge < -0.3 is 15.2 Å². The first-order chi connectivity index (χ1) is 12.5. The average Bonchev–Trinajstić information content (AvgIpc) is 2.99. The van der Waals surface area contributed by atoms with E-state index in [0.717, 1.165) is 55.3 Å². The number of aryl methyl sites for hydroxylation is 2. The van der Waals surface area contributed by atoms with Crippen molar-refractivity contribution in [2.24, 2.45) is 11.7 Å². The molecule has 3 rings (SSSR count). The minimum atomic E-state index is -0.274. The number of amides is 1. The largest absolute Gasteiger partial charge is 0.361 e. The highest BCUT2D eigenvalue weighted by atomic mass is 35.5. The summed E-state index contributed by atoms with van der Waals surface area (Å²) in [6.45, 7) is 9.83. The molecule has 1 aromatic carbocycles. The van der Waals surface area contributed by atoms with E-state index in [9.17, 15) is 4.79 Å². The van der Waals surface area contributed by atoms with E-state index in [4.69, 9.17) is 10.3 Å². The van der Waals surface area contributed by atoms with Gasteiger partial charge in [0.1, 0.15) is 5.76 Å². The van der Waals surface area contributed by atoms with Gasteiger partial charge in [-0.2, -0.15) is 0 Å². The number of benzene rings is 1. The maximum Gasteiger partial charge on any atom is 0.227 e. The molecular formula is C20H30Cl2N4O2.